The third-order valence-electron chi connectivity index (χ3n) is 2.35. The normalized spacial score (nSPS) is 11.9. The second-order valence-corrected chi connectivity index (χ2v) is 3.98. The minimum Gasteiger partial charge on any atom is -0.469 e. The molecule has 0 aliphatic heterocycles. The van der Waals surface area contributed by atoms with E-state index >= 15 is 0 Å². The van der Waals surface area contributed by atoms with Gasteiger partial charge in [-0.1, -0.05) is 23.7 Å². The first kappa shape index (κ1) is 13.4. The molecule has 0 amide bonds. The minimum absolute atomic E-state index is 0.0148. The Bertz CT molecular complexity index is 404. The highest BCUT2D eigenvalue weighted by molar-refractivity contribution is 6.30. The molecule has 1 aromatic rings. The Balaban J connectivity index is 2.85. The maximum Gasteiger partial charge on any atom is 0.306 e. The van der Waals surface area contributed by atoms with Crippen molar-refractivity contribution in [2.75, 3.05) is 13.7 Å². The molecule has 0 saturated heterocycles. The van der Waals surface area contributed by atoms with Gasteiger partial charge >= 0.3 is 5.97 Å². The number of carbonyl (C=O) groups is 1. The number of rotatable bonds is 5. The Kier molecular flexibility index (Phi) is 4.90. The summed E-state index contributed by atoms with van der Waals surface area (Å²) in [5, 5.41) is 11.1. The maximum absolute atomic E-state index is 11.2. The van der Waals surface area contributed by atoms with Crippen LogP contribution in [0.15, 0.2) is 24.3 Å². The van der Waals surface area contributed by atoms with Crippen LogP contribution >= 0.6 is 11.6 Å². The van der Waals surface area contributed by atoms with Crippen molar-refractivity contribution in [2.24, 2.45) is 0 Å². The van der Waals surface area contributed by atoms with Gasteiger partial charge in [-0.2, -0.15) is 0 Å². The third-order valence-corrected chi connectivity index (χ3v) is 2.60. The van der Waals surface area contributed by atoms with Crippen molar-refractivity contribution in [3.8, 4) is 0 Å². The van der Waals surface area contributed by atoms with E-state index in [0.29, 0.717) is 10.6 Å². The zero-order chi connectivity index (χ0) is 12.8. The van der Waals surface area contributed by atoms with Gasteiger partial charge in [-0.15, -0.1) is 0 Å². The molecule has 0 N–H and O–H groups in total. The number of hydrogen-bond donors (Lipinski definition) is 0. The molecule has 0 saturated carbocycles. The van der Waals surface area contributed by atoms with Crippen LogP contribution in [0.3, 0.4) is 0 Å². The molecule has 0 unspecified atom stereocenters. The van der Waals surface area contributed by atoms with E-state index in [9.17, 15) is 14.9 Å². The van der Waals surface area contributed by atoms with E-state index in [0.717, 1.165) is 0 Å². The van der Waals surface area contributed by atoms with Gasteiger partial charge in [0.05, 0.1) is 19.4 Å². The monoisotopic (exact) mass is 257 g/mol. The van der Waals surface area contributed by atoms with Crippen LogP contribution in [0.1, 0.15) is 17.9 Å². The van der Waals surface area contributed by atoms with Crippen molar-refractivity contribution in [1.82, 2.24) is 0 Å². The quantitative estimate of drug-likeness (QED) is 0.461. The Morgan fingerprint density at radius 1 is 1.47 bits per heavy atom. The number of hydrogen-bond acceptors (Lipinski definition) is 4. The van der Waals surface area contributed by atoms with Gasteiger partial charge in [-0.3, -0.25) is 14.9 Å². The first-order chi connectivity index (χ1) is 8.02. The van der Waals surface area contributed by atoms with E-state index in [1.807, 2.05) is 0 Å². The second kappa shape index (κ2) is 6.20. The number of esters is 1. The number of carbonyl (C=O) groups excluding carboxylic acids is 1. The molecule has 0 spiro atoms. The average Bonchev–Trinajstić information content (AvgIpc) is 2.28. The Labute approximate surface area is 103 Å². The molecular weight excluding hydrogens is 246 g/mol. The van der Waals surface area contributed by atoms with Crippen LogP contribution in [-0.4, -0.2) is 24.5 Å². The molecule has 1 rings (SSSR count). The van der Waals surface area contributed by atoms with Crippen LogP contribution < -0.4 is 0 Å². The number of methoxy groups -OCH3 is 1. The molecule has 0 aromatic heterocycles. The van der Waals surface area contributed by atoms with Gasteiger partial charge in [-0.25, -0.2) is 0 Å². The summed E-state index contributed by atoms with van der Waals surface area (Å²) in [5.74, 6) is -0.957. The van der Waals surface area contributed by atoms with Gasteiger partial charge in [0, 0.05) is 9.95 Å². The maximum atomic E-state index is 11.2. The Morgan fingerprint density at radius 2 is 2.06 bits per heavy atom. The predicted molar refractivity (Wildman–Crippen MR) is 62.7 cm³/mol. The van der Waals surface area contributed by atoms with Crippen LogP contribution in [0.2, 0.25) is 5.02 Å². The van der Waals surface area contributed by atoms with Crippen molar-refractivity contribution >= 4 is 17.6 Å². The zero-order valence-electron chi connectivity index (χ0n) is 9.26. The Morgan fingerprint density at radius 3 is 2.53 bits per heavy atom. The van der Waals surface area contributed by atoms with Crippen LogP contribution in [-0.2, 0) is 9.53 Å². The molecule has 92 valence electrons. The van der Waals surface area contributed by atoms with Crippen LogP contribution in [0.4, 0.5) is 0 Å². The zero-order valence-corrected chi connectivity index (χ0v) is 10.0. The lowest BCUT2D eigenvalue weighted by Crippen LogP contribution is -2.17. The summed E-state index contributed by atoms with van der Waals surface area (Å²) in [7, 11) is 1.26. The number of benzene rings is 1. The first-order valence-electron chi connectivity index (χ1n) is 4.97. The SMILES string of the molecule is COC(=O)C[C@@H](C[N+](=O)[O-])c1ccc(Cl)cc1. The highest BCUT2D eigenvalue weighted by Gasteiger charge is 2.21. The fraction of sp³-hybridized carbons (Fsp3) is 0.364. The molecule has 6 heteroatoms. The molecule has 0 fully saturated rings. The van der Waals surface area contributed by atoms with Gasteiger partial charge in [-0.05, 0) is 17.7 Å². The molecule has 1 aromatic carbocycles. The number of halogens is 1. The lowest BCUT2D eigenvalue weighted by molar-refractivity contribution is -0.483. The summed E-state index contributed by atoms with van der Waals surface area (Å²) < 4.78 is 4.52. The van der Waals surface area contributed by atoms with Crippen molar-refractivity contribution in [3.63, 3.8) is 0 Å². The number of nitro groups is 1. The highest BCUT2D eigenvalue weighted by atomic mass is 35.5. The first-order valence-corrected chi connectivity index (χ1v) is 5.34. The molecule has 0 bridgehead atoms. The van der Waals surface area contributed by atoms with E-state index < -0.39 is 16.8 Å². The summed E-state index contributed by atoms with van der Waals surface area (Å²) >= 11 is 5.73. The third kappa shape index (κ3) is 4.40. The van der Waals surface area contributed by atoms with Gasteiger partial charge in [0.2, 0.25) is 6.54 Å². The predicted octanol–water partition coefficient (Wildman–Crippen LogP) is 2.26. The standard InChI is InChI=1S/C11H12ClNO4/c1-17-11(14)6-9(7-13(15)16)8-2-4-10(12)5-3-8/h2-5,9H,6-7H2,1H3/t9-/m0/s1. The van der Waals surface area contributed by atoms with Crippen molar-refractivity contribution in [3.05, 3.63) is 45.0 Å². The van der Waals surface area contributed by atoms with Crippen LogP contribution in [0.25, 0.3) is 0 Å². The van der Waals surface area contributed by atoms with Crippen molar-refractivity contribution in [1.29, 1.82) is 0 Å². The van der Waals surface area contributed by atoms with Gasteiger partial charge in [0.1, 0.15) is 0 Å². The van der Waals surface area contributed by atoms with Crippen LogP contribution in [0, 0.1) is 10.1 Å². The van der Waals surface area contributed by atoms with Gasteiger partial charge in [0.25, 0.3) is 0 Å². The van der Waals surface area contributed by atoms with E-state index in [1.165, 1.54) is 7.11 Å². The summed E-state index contributed by atoms with van der Waals surface area (Å²) in [4.78, 5) is 21.3. The fourth-order valence-electron chi connectivity index (χ4n) is 1.49. The fourth-order valence-corrected chi connectivity index (χ4v) is 1.61. The average molecular weight is 258 g/mol. The van der Waals surface area contributed by atoms with Crippen molar-refractivity contribution in [2.45, 2.75) is 12.3 Å². The molecule has 1 atom stereocenters. The van der Waals surface area contributed by atoms with Crippen LogP contribution in [0.5, 0.6) is 0 Å². The lowest BCUT2D eigenvalue weighted by atomic mass is 9.96. The molecule has 17 heavy (non-hydrogen) atoms. The smallest absolute Gasteiger partial charge is 0.306 e. The second-order valence-electron chi connectivity index (χ2n) is 3.54. The molecule has 5 nitrogen and oxygen atoms in total. The minimum atomic E-state index is -0.491. The largest absolute Gasteiger partial charge is 0.469 e. The van der Waals surface area contributed by atoms with Crippen molar-refractivity contribution < 1.29 is 14.5 Å². The molecule has 0 radical (unpaired) electrons. The number of ether oxygens (including phenoxy) is 1. The molecule has 0 aliphatic carbocycles. The number of nitrogens with zero attached hydrogens (tertiary/aromatic N) is 1. The summed E-state index contributed by atoms with van der Waals surface area (Å²) in [6, 6.07) is 6.64. The molecular formula is C11H12ClNO4. The topological polar surface area (TPSA) is 69.4 Å². The lowest BCUT2D eigenvalue weighted by Gasteiger charge is -2.11. The molecule has 0 aliphatic rings. The summed E-state index contributed by atoms with van der Waals surface area (Å²) in [5.41, 5.74) is 0.705. The summed E-state index contributed by atoms with van der Waals surface area (Å²) in [6.45, 7) is -0.309. The highest BCUT2D eigenvalue weighted by Crippen LogP contribution is 2.22. The Hall–Kier alpha value is -1.62. The van der Waals surface area contributed by atoms with E-state index in [-0.39, 0.29) is 13.0 Å². The van der Waals surface area contributed by atoms with Gasteiger partial charge in [0.15, 0.2) is 0 Å². The molecule has 0 heterocycles. The van der Waals surface area contributed by atoms with E-state index in [4.69, 9.17) is 11.6 Å². The van der Waals surface area contributed by atoms with Gasteiger partial charge < -0.3 is 4.74 Å². The van der Waals surface area contributed by atoms with E-state index in [1.54, 1.807) is 24.3 Å². The van der Waals surface area contributed by atoms with E-state index in [2.05, 4.69) is 4.74 Å². The summed E-state index contributed by atoms with van der Waals surface area (Å²) in [6.07, 6.45) is -0.0148.